The average Bonchev–Trinajstić information content (AvgIpc) is 2.56. The van der Waals surface area contributed by atoms with Crippen molar-refractivity contribution >= 4 is 24.1 Å². The third kappa shape index (κ3) is 6.37. The van der Waals surface area contributed by atoms with E-state index < -0.39 is 30.0 Å². The normalized spacial score (nSPS) is 13.9. The molecule has 1 aromatic rings. The molecule has 0 aromatic heterocycles. The molecule has 0 saturated carbocycles. The number of aliphatic hydroxyl groups excluding tert-OH is 1. The Labute approximate surface area is 132 Å². The number of nitrogens with two attached hydrogens (primary N) is 1. The van der Waals surface area contributed by atoms with Gasteiger partial charge in [0.1, 0.15) is 12.4 Å². The lowest BCUT2D eigenvalue weighted by Crippen LogP contribution is -2.42. The van der Waals surface area contributed by atoms with Gasteiger partial charge in [-0.3, -0.25) is 4.79 Å². The van der Waals surface area contributed by atoms with E-state index in [2.05, 4.69) is 4.99 Å². The number of benzene rings is 1. The Balaban J connectivity index is 2.81. The molecule has 0 aliphatic rings. The molecule has 8 heteroatoms. The number of rotatable bonds is 8. The Hall–Kier alpha value is -2.58. The molecule has 0 radical (unpaired) electrons. The molecular formula is C15H18N2O6. The number of carboxylic acid groups (broad SMARTS) is 1. The highest BCUT2D eigenvalue weighted by molar-refractivity contribution is 6.00. The lowest BCUT2D eigenvalue weighted by molar-refractivity contribution is -0.137. The van der Waals surface area contributed by atoms with Crippen LogP contribution in [0, 0.1) is 0 Å². The maximum absolute atomic E-state index is 12.0. The maximum Gasteiger partial charge on any atom is 0.344 e. The number of carbonyl (C=O) groups excluding carboxylic acids is 2. The van der Waals surface area contributed by atoms with Gasteiger partial charge in [-0.25, -0.2) is 9.79 Å². The van der Waals surface area contributed by atoms with Crippen molar-refractivity contribution < 1.29 is 29.3 Å². The highest BCUT2D eigenvalue weighted by Gasteiger charge is 2.25. The quantitative estimate of drug-likeness (QED) is 0.265. The van der Waals surface area contributed by atoms with E-state index in [0.717, 1.165) is 0 Å². The minimum atomic E-state index is -1.50. The third-order valence-electron chi connectivity index (χ3n) is 2.88. The number of aliphatic carboxylic acids is 1. The Bertz CT molecular complexity index is 573. The van der Waals surface area contributed by atoms with Crippen LogP contribution in [0.2, 0.25) is 0 Å². The van der Waals surface area contributed by atoms with Crippen LogP contribution in [0.15, 0.2) is 35.3 Å². The number of carboxylic acids is 1. The highest BCUT2D eigenvalue weighted by Crippen LogP contribution is 2.08. The van der Waals surface area contributed by atoms with E-state index in [1.54, 1.807) is 18.2 Å². The lowest BCUT2D eigenvalue weighted by Gasteiger charge is -2.19. The molecule has 0 spiro atoms. The summed E-state index contributed by atoms with van der Waals surface area (Å²) in [6.07, 6.45) is -1.33. The van der Waals surface area contributed by atoms with Crippen molar-refractivity contribution in [3.8, 4) is 0 Å². The fourth-order valence-electron chi connectivity index (χ4n) is 1.67. The molecule has 0 aliphatic heterocycles. The number of hydrogen-bond acceptors (Lipinski definition) is 7. The van der Waals surface area contributed by atoms with Crippen molar-refractivity contribution in [3.05, 3.63) is 35.9 Å². The van der Waals surface area contributed by atoms with Crippen LogP contribution in [0.5, 0.6) is 0 Å². The smallest absolute Gasteiger partial charge is 0.344 e. The average molecular weight is 322 g/mol. The van der Waals surface area contributed by atoms with Crippen molar-refractivity contribution in [1.29, 1.82) is 0 Å². The Morgan fingerprint density at radius 1 is 1.30 bits per heavy atom. The van der Waals surface area contributed by atoms with Crippen LogP contribution < -0.4 is 5.73 Å². The Kier molecular flexibility index (Phi) is 7.58. The van der Waals surface area contributed by atoms with Crippen molar-refractivity contribution in [2.45, 2.75) is 25.0 Å². The maximum atomic E-state index is 12.0. The molecule has 4 N–H and O–H groups in total. The largest absolute Gasteiger partial charge is 0.481 e. The molecule has 0 saturated heterocycles. The predicted molar refractivity (Wildman–Crippen MR) is 81.1 cm³/mol. The summed E-state index contributed by atoms with van der Waals surface area (Å²) in [7, 11) is 0. The van der Waals surface area contributed by atoms with E-state index in [1.165, 1.54) is 12.1 Å². The first-order chi connectivity index (χ1) is 11.0. The summed E-state index contributed by atoms with van der Waals surface area (Å²) in [6.45, 7) is -0.319. The molecule has 124 valence electrons. The monoisotopic (exact) mass is 322 g/mol. The summed E-state index contributed by atoms with van der Waals surface area (Å²) in [6, 6.07) is 7.00. The van der Waals surface area contributed by atoms with Gasteiger partial charge in [0, 0.05) is 12.5 Å². The van der Waals surface area contributed by atoms with Gasteiger partial charge < -0.3 is 25.5 Å². The first-order valence-corrected chi connectivity index (χ1v) is 6.86. The van der Waals surface area contributed by atoms with Gasteiger partial charge in [0.25, 0.3) is 0 Å². The Morgan fingerprint density at radius 3 is 2.52 bits per heavy atom. The fourth-order valence-corrected chi connectivity index (χ4v) is 1.67. The zero-order valence-electron chi connectivity index (χ0n) is 12.3. The number of ether oxygens (including phenoxy) is 1. The van der Waals surface area contributed by atoms with E-state index in [9.17, 15) is 19.5 Å². The molecule has 0 bridgehead atoms. The standard InChI is InChI=1S/C15H18N2O6/c16-11(6-7-12(19)20)13(21)14(17-8-9-18)23-15(22)10-4-2-1-3-5-10/h1-5,9,11,13,21H,6-8,16H2,(H,19,20)/t11-,13?/m0/s1. The fraction of sp³-hybridized carbons (Fsp3) is 0.333. The summed E-state index contributed by atoms with van der Waals surface area (Å²) < 4.78 is 5.00. The van der Waals surface area contributed by atoms with Crippen molar-refractivity contribution in [3.63, 3.8) is 0 Å². The topological polar surface area (TPSA) is 139 Å². The van der Waals surface area contributed by atoms with Gasteiger partial charge in [-0.15, -0.1) is 0 Å². The predicted octanol–water partition coefficient (Wildman–Crippen LogP) is -0.00620. The second-order valence-corrected chi connectivity index (χ2v) is 4.64. The molecule has 0 aliphatic carbocycles. The summed E-state index contributed by atoms with van der Waals surface area (Å²) in [5, 5.41) is 18.7. The molecule has 0 amide bonds. The van der Waals surface area contributed by atoms with Gasteiger partial charge in [0.05, 0.1) is 12.1 Å². The SMILES string of the molecule is N[C@@H](CCC(=O)O)C(O)C(=NCC=O)OC(=O)c1ccccc1. The first-order valence-electron chi connectivity index (χ1n) is 6.86. The van der Waals surface area contributed by atoms with Gasteiger partial charge in [0.15, 0.2) is 0 Å². The van der Waals surface area contributed by atoms with Gasteiger partial charge >= 0.3 is 11.9 Å². The van der Waals surface area contributed by atoms with E-state index >= 15 is 0 Å². The molecule has 23 heavy (non-hydrogen) atoms. The van der Waals surface area contributed by atoms with Gasteiger partial charge in [0.2, 0.25) is 5.90 Å². The zero-order valence-corrected chi connectivity index (χ0v) is 12.3. The van der Waals surface area contributed by atoms with Crippen molar-refractivity contribution in [2.24, 2.45) is 10.7 Å². The number of aldehydes is 1. The van der Waals surface area contributed by atoms with Crippen LogP contribution in [-0.2, 0) is 14.3 Å². The number of aliphatic imine (C=N–C) groups is 1. The van der Waals surface area contributed by atoms with E-state index in [1.807, 2.05) is 0 Å². The number of esters is 1. The molecule has 1 rings (SSSR count). The second-order valence-electron chi connectivity index (χ2n) is 4.64. The van der Waals surface area contributed by atoms with Gasteiger partial charge in [-0.2, -0.15) is 0 Å². The highest BCUT2D eigenvalue weighted by atomic mass is 16.6. The van der Waals surface area contributed by atoms with Crippen molar-refractivity contribution in [2.75, 3.05) is 6.54 Å². The van der Waals surface area contributed by atoms with Crippen LogP contribution in [0.1, 0.15) is 23.2 Å². The van der Waals surface area contributed by atoms with Crippen LogP contribution in [-0.4, -0.2) is 53.0 Å². The summed E-state index contributed by atoms with van der Waals surface area (Å²) in [4.78, 5) is 36.6. The van der Waals surface area contributed by atoms with Crippen LogP contribution in [0.25, 0.3) is 0 Å². The summed E-state index contributed by atoms with van der Waals surface area (Å²) in [5.41, 5.74) is 5.91. The lowest BCUT2D eigenvalue weighted by atomic mass is 10.1. The molecule has 8 nitrogen and oxygen atoms in total. The molecule has 0 heterocycles. The molecule has 2 atom stereocenters. The van der Waals surface area contributed by atoms with E-state index in [0.29, 0.717) is 6.29 Å². The molecule has 0 fully saturated rings. The molecule has 1 aromatic carbocycles. The molecular weight excluding hydrogens is 304 g/mol. The number of carbonyl (C=O) groups is 3. The van der Waals surface area contributed by atoms with Gasteiger partial charge in [-0.05, 0) is 18.6 Å². The zero-order chi connectivity index (χ0) is 17.2. The summed E-state index contributed by atoms with van der Waals surface area (Å²) >= 11 is 0. The van der Waals surface area contributed by atoms with Crippen molar-refractivity contribution in [1.82, 2.24) is 0 Å². The van der Waals surface area contributed by atoms with Crippen LogP contribution in [0.4, 0.5) is 0 Å². The van der Waals surface area contributed by atoms with E-state index in [-0.39, 0.29) is 24.9 Å². The van der Waals surface area contributed by atoms with Gasteiger partial charge in [-0.1, -0.05) is 18.2 Å². The second kappa shape index (κ2) is 9.44. The number of aliphatic hydroxyl groups is 1. The summed E-state index contributed by atoms with van der Waals surface area (Å²) in [5.74, 6) is -2.25. The minimum absolute atomic E-state index is 0.0422. The number of nitrogens with zero attached hydrogens (tertiary/aromatic N) is 1. The minimum Gasteiger partial charge on any atom is -0.481 e. The van der Waals surface area contributed by atoms with Crippen LogP contribution in [0.3, 0.4) is 0 Å². The third-order valence-corrected chi connectivity index (χ3v) is 2.88. The molecule has 1 unspecified atom stereocenters. The number of hydrogen-bond donors (Lipinski definition) is 3. The Morgan fingerprint density at radius 2 is 1.96 bits per heavy atom. The van der Waals surface area contributed by atoms with Crippen LogP contribution >= 0.6 is 0 Å². The van der Waals surface area contributed by atoms with E-state index in [4.69, 9.17) is 15.6 Å². The first kappa shape index (κ1) is 18.5.